The number of benzene rings is 2. The fourth-order valence-electron chi connectivity index (χ4n) is 6.96. The Bertz CT molecular complexity index is 1740. The van der Waals surface area contributed by atoms with Gasteiger partial charge in [0, 0.05) is 44.9 Å². The summed E-state index contributed by atoms with van der Waals surface area (Å²) in [6.07, 6.45) is 5.04. The number of piperazine rings is 1. The normalized spacial score (nSPS) is 25.8. The van der Waals surface area contributed by atoms with Crippen LogP contribution in [-0.4, -0.2) is 70.4 Å². The lowest BCUT2D eigenvalue weighted by Crippen LogP contribution is -2.64. The molecule has 44 heavy (non-hydrogen) atoms. The zero-order valence-corrected chi connectivity index (χ0v) is 25.5. The summed E-state index contributed by atoms with van der Waals surface area (Å²) in [4.78, 5) is 26.9. The first-order valence-electron chi connectivity index (χ1n) is 15.2. The van der Waals surface area contributed by atoms with Gasteiger partial charge in [-0.25, -0.2) is 9.78 Å². The van der Waals surface area contributed by atoms with E-state index in [-0.39, 0.29) is 12.1 Å². The molecule has 10 nitrogen and oxygen atoms in total. The summed E-state index contributed by atoms with van der Waals surface area (Å²) < 4.78 is 25.9. The van der Waals surface area contributed by atoms with Crippen molar-refractivity contribution >= 4 is 34.3 Å². The average Bonchev–Trinajstić information content (AvgIpc) is 3.52. The van der Waals surface area contributed by atoms with Crippen LogP contribution in [0, 0.1) is 0 Å². The van der Waals surface area contributed by atoms with Gasteiger partial charge in [-0.15, -0.1) is 0 Å². The van der Waals surface area contributed by atoms with E-state index in [1.807, 2.05) is 37.3 Å². The number of fused-ring (bicyclic) bond motifs is 3. The molecule has 0 bridgehead atoms. The van der Waals surface area contributed by atoms with E-state index in [1.54, 1.807) is 18.3 Å². The minimum absolute atomic E-state index is 0.164. The molecule has 3 aliphatic heterocycles. The second kappa shape index (κ2) is 10.6. The number of nitrogens with zero attached hydrogens (tertiary/aromatic N) is 5. The first-order valence-corrected chi connectivity index (χ1v) is 15.6. The van der Waals surface area contributed by atoms with Gasteiger partial charge in [0.1, 0.15) is 11.5 Å². The Labute approximate surface area is 260 Å². The molecule has 228 valence electrons. The summed E-state index contributed by atoms with van der Waals surface area (Å²) in [7, 11) is 1.41. The van der Waals surface area contributed by atoms with E-state index in [9.17, 15) is 4.79 Å². The Morgan fingerprint density at radius 1 is 1.09 bits per heavy atom. The highest BCUT2D eigenvalue weighted by atomic mass is 35.5. The number of esters is 1. The highest BCUT2D eigenvalue weighted by Gasteiger charge is 2.47. The van der Waals surface area contributed by atoms with Crippen LogP contribution in [0.5, 0.6) is 11.5 Å². The third-order valence-corrected chi connectivity index (χ3v) is 9.76. The Morgan fingerprint density at radius 2 is 1.95 bits per heavy atom. The quantitative estimate of drug-likeness (QED) is 0.262. The number of imidazole rings is 1. The molecule has 0 spiro atoms. The largest absolute Gasteiger partial charge is 0.465 e. The molecule has 0 radical (unpaired) electrons. The van der Waals surface area contributed by atoms with Gasteiger partial charge in [0.05, 0.1) is 53.6 Å². The molecule has 8 rings (SSSR count). The van der Waals surface area contributed by atoms with Gasteiger partial charge in [-0.3, -0.25) is 9.88 Å². The third-order valence-electron chi connectivity index (χ3n) is 9.53. The van der Waals surface area contributed by atoms with E-state index in [4.69, 9.17) is 35.5 Å². The number of pyridine rings is 1. The van der Waals surface area contributed by atoms with Gasteiger partial charge in [0.25, 0.3) is 5.79 Å². The summed E-state index contributed by atoms with van der Waals surface area (Å²) in [6, 6.07) is 16.1. The molecule has 1 saturated carbocycles. The second-order valence-corrected chi connectivity index (χ2v) is 12.5. The summed E-state index contributed by atoms with van der Waals surface area (Å²) in [6.45, 7) is 5.88. The maximum atomic E-state index is 12.3. The number of aromatic nitrogens is 3. The van der Waals surface area contributed by atoms with Crippen molar-refractivity contribution in [3.05, 3.63) is 76.8 Å². The predicted octanol–water partition coefficient (Wildman–Crippen LogP) is 5.16. The van der Waals surface area contributed by atoms with Gasteiger partial charge in [0.2, 0.25) is 0 Å². The lowest BCUT2D eigenvalue weighted by atomic mass is 9.81. The van der Waals surface area contributed by atoms with Crippen LogP contribution in [0.25, 0.3) is 11.0 Å². The van der Waals surface area contributed by atoms with Crippen LogP contribution in [0.1, 0.15) is 48.1 Å². The summed E-state index contributed by atoms with van der Waals surface area (Å²) in [5.41, 5.74) is 4.08. The van der Waals surface area contributed by atoms with E-state index in [2.05, 4.69) is 25.4 Å². The van der Waals surface area contributed by atoms with E-state index in [1.165, 1.54) is 7.11 Å². The molecule has 3 fully saturated rings. The first-order chi connectivity index (χ1) is 21.4. The van der Waals surface area contributed by atoms with E-state index < -0.39 is 5.79 Å². The SMILES string of the molecule is COC(=O)c1ccc2nc(CN3CCN(c4cccc5c4O[C@](C)(c4ccc(Cl)cn4)O5)[C@@H]4CC[C@H]43)n(C[C@@H]3CCO3)c2c1. The molecule has 4 aromatic rings. The van der Waals surface area contributed by atoms with E-state index >= 15 is 0 Å². The molecular weight excluding hydrogens is 582 g/mol. The summed E-state index contributed by atoms with van der Waals surface area (Å²) in [5.74, 6) is 1.11. The van der Waals surface area contributed by atoms with Crippen LogP contribution < -0.4 is 14.4 Å². The van der Waals surface area contributed by atoms with Gasteiger partial charge in [-0.05, 0) is 61.7 Å². The van der Waals surface area contributed by atoms with Crippen molar-refractivity contribution in [2.45, 2.75) is 63.3 Å². The number of halogens is 1. The van der Waals surface area contributed by atoms with Crippen LogP contribution in [0.2, 0.25) is 5.02 Å². The smallest absolute Gasteiger partial charge is 0.337 e. The molecule has 4 aliphatic rings. The molecule has 2 saturated heterocycles. The Morgan fingerprint density at radius 3 is 2.68 bits per heavy atom. The molecule has 11 heteroatoms. The van der Waals surface area contributed by atoms with Crippen LogP contribution in [0.15, 0.2) is 54.7 Å². The van der Waals surface area contributed by atoms with Gasteiger partial charge in [-0.1, -0.05) is 17.7 Å². The van der Waals surface area contributed by atoms with Crippen molar-refractivity contribution in [3.8, 4) is 11.5 Å². The number of methoxy groups -OCH3 is 1. The summed E-state index contributed by atoms with van der Waals surface area (Å²) >= 11 is 6.08. The number of carbonyl (C=O) groups excluding carboxylic acids is 1. The molecular formula is C33H34ClN5O5. The number of rotatable bonds is 7. The predicted molar refractivity (Wildman–Crippen MR) is 164 cm³/mol. The molecule has 2 aromatic carbocycles. The maximum Gasteiger partial charge on any atom is 0.337 e. The number of para-hydroxylation sites is 1. The Kier molecular flexibility index (Phi) is 6.69. The minimum Gasteiger partial charge on any atom is -0.465 e. The highest BCUT2D eigenvalue weighted by Crippen LogP contribution is 2.51. The van der Waals surface area contributed by atoms with Crippen molar-refractivity contribution < 1.29 is 23.7 Å². The van der Waals surface area contributed by atoms with Crippen molar-refractivity contribution in [2.24, 2.45) is 0 Å². The number of ether oxygens (including phenoxy) is 4. The molecule has 0 unspecified atom stereocenters. The van der Waals surface area contributed by atoms with Gasteiger partial charge < -0.3 is 28.4 Å². The van der Waals surface area contributed by atoms with Crippen molar-refractivity contribution in [2.75, 3.05) is 31.7 Å². The monoisotopic (exact) mass is 615 g/mol. The number of hydrogen-bond acceptors (Lipinski definition) is 9. The van der Waals surface area contributed by atoms with Gasteiger partial charge in [0.15, 0.2) is 11.5 Å². The van der Waals surface area contributed by atoms with Crippen LogP contribution >= 0.6 is 11.6 Å². The third kappa shape index (κ3) is 4.58. The second-order valence-electron chi connectivity index (χ2n) is 12.1. The molecule has 5 heterocycles. The van der Waals surface area contributed by atoms with Gasteiger partial charge in [-0.2, -0.15) is 0 Å². The molecule has 2 aromatic heterocycles. The van der Waals surface area contributed by atoms with Crippen molar-refractivity contribution in [1.82, 2.24) is 19.4 Å². The first kappa shape index (κ1) is 27.7. The van der Waals surface area contributed by atoms with Crippen LogP contribution in [-0.2, 0) is 28.4 Å². The van der Waals surface area contributed by atoms with Crippen molar-refractivity contribution in [3.63, 3.8) is 0 Å². The minimum atomic E-state index is -1.03. The standard InChI is InChI=1S/C33H34ClN5O5/c1-33(29-11-7-21(34)17-35-29)43-28-5-3-4-26(31(28)44-33)38-14-13-37(24-9-10-25(24)38)19-30-36-23-8-6-20(32(40)41-2)16-27(23)39(30)18-22-12-15-42-22/h3-8,11,16-17,22,24-25H,9-10,12-15,18-19H2,1-2H3/t22-,24+,25+,33+/m0/s1. The van der Waals surface area contributed by atoms with E-state index in [0.717, 1.165) is 86.1 Å². The topological polar surface area (TPSA) is 91.2 Å². The molecule has 0 amide bonds. The lowest BCUT2D eigenvalue weighted by Gasteiger charge is -2.54. The average molecular weight is 616 g/mol. The number of hydrogen-bond donors (Lipinski definition) is 0. The number of carbonyl (C=O) groups is 1. The van der Waals surface area contributed by atoms with Gasteiger partial charge >= 0.3 is 5.97 Å². The highest BCUT2D eigenvalue weighted by molar-refractivity contribution is 6.30. The lowest BCUT2D eigenvalue weighted by molar-refractivity contribution is -0.0717. The zero-order chi connectivity index (χ0) is 30.0. The Balaban J connectivity index is 1.04. The van der Waals surface area contributed by atoms with Crippen molar-refractivity contribution in [1.29, 1.82) is 0 Å². The zero-order valence-electron chi connectivity index (χ0n) is 24.7. The molecule has 0 N–H and O–H groups in total. The van der Waals surface area contributed by atoms with Crippen LogP contribution in [0.4, 0.5) is 5.69 Å². The van der Waals surface area contributed by atoms with E-state index in [0.29, 0.717) is 28.4 Å². The van der Waals surface area contributed by atoms with Crippen LogP contribution in [0.3, 0.4) is 0 Å². The fraction of sp³-hybridized carbons (Fsp3) is 0.424. The fourth-order valence-corrected chi connectivity index (χ4v) is 7.07. The summed E-state index contributed by atoms with van der Waals surface area (Å²) in [5, 5.41) is 0.570. The number of anilines is 1. The molecule has 1 aliphatic carbocycles. The maximum absolute atomic E-state index is 12.3. The Hall–Kier alpha value is -3.86. The molecule has 4 atom stereocenters.